The van der Waals surface area contributed by atoms with E-state index in [9.17, 15) is 21.0 Å². The van der Waals surface area contributed by atoms with Gasteiger partial charge in [0.1, 0.15) is 47.6 Å². The fourth-order valence-electron chi connectivity index (χ4n) is 5.83. The van der Waals surface area contributed by atoms with Crippen LogP contribution in [0.25, 0.3) is 55.9 Å². The summed E-state index contributed by atoms with van der Waals surface area (Å²) in [6, 6.07) is 30.7. The van der Waals surface area contributed by atoms with Gasteiger partial charge in [-0.25, -0.2) is 0 Å². The van der Waals surface area contributed by atoms with Gasteiger partial charge in [0.15, 0.2) is 0 Å². The molecule has 0 saturated heterocycles. The van der Waals surface area contributed by atoms with Crippen molar-refractivity contribution in [2.24, 2.45) is 0 Å². The lowest BCUT2D eigenvalue weighted by atomic mass is 9.95. The SMILES string of the molecule is N#CC(C#N)=C1c2cc(-c3ccc(C#N)cn3)ccc2-c2c1sc1c2-c2ccc(-c3ccc(C#N)cn3)cc2C1=C(C#N)C#N. The van der Waals surface area contributed by atoms with Gasteiger partial charge in [-0.3, -0.25) is 9.97 Å². The summed E-state index contributed by atoms with van der Waals surface area (Å²) in [4.78, 5) is 10.3. The molecule has 0 spiro atoms. The van der Waals surface area contributed by atoms with Gasteiger partial charge in [-0.05, 0) is 58.7 Å². The fourth-order valence-corrected chi connectivity index (χ4v) is 7.29. The largest absolute Gasteiger partial charge is 0.255 e. The first kappa shape index (κ1) is 26.7. The molecule has 45 heavy (non-hydrogen) atoms. The third-order valence-corrected chi connectivity index (χ3v) is 9.03. The number of fused-ring (bicyclic) bond motifs is 7. The molecule has 0 unspecified atom stereocenters. The molecule has 202 valence electrons. The molecule has 9 heteroatoms. The zero-order valence-corrected chi connectivity index (χ0v) is 23.7. The number of allylic oxidation sites excluding steroid dienone is 2. The maximum Gasteiger partial charge on any atom is 0.138 e. The van der Waals surface area contributed by atoms with E-state index in [0.29, 0.717) is 54.5 Å². The molecule has 8 nitrogen and oxygen atoms in total. The topological polar surface area (TPSA) is 169 Å². The zero-order valence-electron chi connectivity index (χ0n) is 22.9. The number of pyridine rings is 2. The van der Waals surface area contributed by atoms with Crippen molar-refractivity contribution in [1.29, 1.82) is 31.6 Å². The molecular formula is C36H12N8S. The van der Waals surface area contributed by atoms with Crippen molar-refractivity contribution in [1.82, 2.24) is 9.97 Å². The summed E-state index contributed by atoms with van der Waals surface area (Å²) < 4.78 is 0. The molecule has 0 fully saturated rings. The molecular weight excluding hydrogens is 577 g/mol. The van der Waals surface area contributed by atoms with Crippen molar-refractivity contribution in [2.45, 2.75) is 0 Å². The minimum atomic E-state index is -0.0476. The Balaban J connectivity index is 1.49. The van der Waals surface area contributed by atoms with Gasteiger partial charge in [0.2, 0.25) is 0 Å². The van der Waals surface area contributed by atoms with Gasteiger partial charge in [0.05, 0.1) is 22.5 Å². The monoisotopic (exact) mass is 588 g/mol. The van der Waals surface area contributed by atoms with E-state index in [1.54, 1.807) is 24.3 Å². The molecule has 0 bridgehead atoms. The minimum absolute atomic E-state index is 0.0476. The number of nitrogens with zero attached hydrogens (tertiary/aromatic N) is 8. The highest BCUT2D eigenvalue weighted by molar-refractivity contribution is 7.16. The molecule has 3 heterocycles. The van der Waals surface area contributed by atoms with Crippen LogP contribution >= 0.6 is 11.3 Å². The lowest BCUT2D eigenvalue weighted by Gasteiger charge is -2.09. The van der Waals surface area contributed by atoms with Crippen molar-refractivity contribution in [3.8, 4) is 81.2 Å². The number of hydrogen-bond donors (Lipinski definition) is 0. The quantitative estimate of drug-likeness (QED) is 0.190. The Bertz CT molecular complexity index is 2270. The summed E-state index contributed by atoms with van der Waals surface area (Å²) in [6.45, 7) is 0. The van der Waals surface area contributed by atoms with E-state index in [2.05, 4.69) is 46.4 Å². The van der Waals surface area contributed by atoms with E-state index in [1.807, 2.05) is 36.4 Å². The molecule has 0 atom stereocenters. The van der Waals surface area contributed by atoms with Crippen molar-refractivity contribution in [3.05, 3.63) is 116 Å². The summed E-state index contributed by atoms with van der Waals surface area (Å²) >= 11 is 1.35. The summed E-state index contributed by atoms with van der Waals surface area (Å²) in [5.41, 5.74) is 9.27. The summed E-state index contributed by atoms with van der Waals surface area (Å²) in [5, 5.41) is 58.3. The van der Waals surface area contributed by atoms with E-state index in [-0.39, 0.29) is 11.1 Å². The van der Waals surface area contributed by atoms with Gasteiger partial charge in [0, 0.05) is 55.5 Å². The molecule has 3 aromatic heterocycles. The zero-order chi connectivity index (χ0) is 31.2. The van der Waals surface area contributed by atoms with Crippen LogP contribution in [0.4, 0.5) is 0 Å². The van der Waals surface area contributed by atoms with Crippen LogP contribution in [0.2, 0.25) is 0 Å². The summed E-state index contributed by atoms with van der Waals surface area (Å²) in [5.74, 6) is 0. The van der Waals surface area contributed by atoms with Crippen molar-refractivity contribution < 1.29 is 0 Å². The second kappa shape index (κ2) is 10.3. The minimum Gasteiger partial charge on any atom is -0.255 e. The van der Waals surface area contributed by atoms with Crippen LogP contribution in [-0.4, -0.2) is 9.97 Å². The van der Waals surface area contributed by atoms with E-state index in [0.717, 1.165) is 33.4 Å². The van der Waals surface area contributed by atoms with Gasteiger partial charge < -0.3 is 0 Å². The first-order valence-corrected chi connectivity index (χ1v) is 14.2. The maximum absolute atomic E-state index is 9.99. The molecule has 2 aromatic carbocycles. The Hall–Kier alpha value is -7.14. The average molecular weight is 589 g/mol. The van der Waals surface area contributed by atoms with E-state index >= 15 is 0 Å². The number of benzene rings is 2. The Morgan fingerprint density at radius 3 is 1.27 bits per heavy atom. The van der Waals surface area contributed by atoms with Gasteiger partial charge in [0.25, 0.3) is 0 Å². The molecule has 0 saturated carbocycles. The second-order valence-electron chi connectivity index (χ2n) is 10.1. The van der Waals surface area contributed by atoms with Crippen LogP contribution < -0.4 is 0 Å². The van der Waals surface area contributed by atoms with E-state index < -0.39 is 0 Å². The molecule has 0 N–H and O–H groups in total. The van der Waals surface area contributed by atoms with Crippen LogP contribution in [0.1, 0.15) is 32.0 Å². The molecule has 5 aromatic rings. The van der Waals surface area contributed by atoms with Crippen LogP contribution in [0.5, 0.6) is 0 Å². The van der Waals surface area contributed by atoms with Crippen molar-refractivity contribution in [2.75, 3.05) is 0 Å². The molecule has 7 rings (SSSR count). The van der Waals surface area contributed by atoms with Gasteiger partial charge in [-0.1, -0.05) is 24.3 Å². The standard InChI is InChI=1S/C36H12N8S/c37-11-19-1-7-29(43-17-19)21-3-5-25-27(9-21)31(23(13-39)14-40)35-33(25)34-26-6-4-22(30-8-2-20(12-38)18-44-30)10-28(26)32(36(34)45-35)24(15-41)16-42/h1-10,17-18H. The van der Waals surface area contributed by atoms with Gasteiger partial charge >= 0.3 is 0 Å². The molecule has 0 radical (unpaired) electrons. The van der Waals surface area contributed by atoms with Crippen LogP contribution in [-0.2, 0) is 0 Å². The molecule has 0 amide bonds. The fraction of sp³-hybridized carbons (Fsp3) is 0. The normalized spacial score (nSPS) is 11.3. The van der Waals surface area contributed by atoms with Crippen LogP contribution in [0.3, 0.4) is 0 Å². The van der Waals surface area contributed by atoms with Crippen LogP contribution in [0, 0.1) is 68.0 Å². The highest BCUT2D eigenvalue weighted by Crippen LogP contribution is 2.61. The van der Waals surface area contributed by atoms with E-state index in [1.165, 1.54) is 23.7 Å². The van der Waals surface area contributed by atoms with Crippen molar-refractivity contribution >= 4 is 22.5 Å². The lowest BCUT2D eigenvalue weighted by molar-refractivity contribution is 1.30. The first-order chi connectivity index (χ1) is 22.0. The second-order valence-corrected chi connectivity index (χ2v) is 11.1. The highest BCUT2D eigenvalue weighted by atomic mass is 32.1. The van der Waals surface area contributed by atoms with Crippen molar-refractivity contribution in [3.63, 3.8) is 0 Å². The predicted molar refractivity (Wildman–Crippen MR) is 166 cm³/mol. The number of thiophene rings is 1. The smallest absolute Gasteiger partial charge is 0.138 e. The van der Waals surface area contributed by atoms with E-state index in [4.69, 9.17) is 10.5 Å². The molecule has 2 aliphatic carbocycles. The third-order valence-electron chi connectivity index (χ3n) is 7.80. The Kier molecular flexibility index (Phi) is 6.12. The Labute approximate surface area is 260 Å². The average Bonchev–Trinajstić information content (AvgIpc) is 3.72. The van der Waals surface area contributed by atoms with Crippen LogP contribution in [0.15, 0.2) is 84.2 Å². The third kappa shape index (κ3) is 3.92. The number of nitriles is 6. The summed E-state index contributed by atoms with van der Waals surface area (Å²) in [7, 11) is 0. The highest BCUT2D eigenvalue weighted by Gasteiger charge is 2.39. The molecule has 2 aliphatic rings. The Morgan fingerprint density at radius 1 is 0.511 bits per heavy atom. The number of aromatic nitrogens is 2. The number of hydrogen-bond acceptors (Lipinski definition) is 9. The summed E-state index contributed by atoms with van der Waals surface area (Å²) in [6.07, 6.45) is 2.99. The first-order valence-electron chi connectivity index (χ1n) is 13.3. The van der Waals surface area contributed by atoms with Gasteiger partial charge in [-0.2, -0.15) is 31.6 Å². The predicted octanol–water partition coefficient (Wildman–Crippen LogP) is 7.27. The number of rotatable bonds is 2. The maximum atomic E-state index is 9.99. The Morgan fingerprint density at radius 2 is 0.933 bits per heavy atom. The molecule has 0 aliphatic heterocycles. The lowest BCUT2D eigenvalue weighted by Crippen LogP contribution is -1.90. The van der Waals surface area contributed by atoms with Gasteiger partial charge in [-0.15, -0.1) is 11.3 Å².